The highest BCUT2D eigenvalue weighted by Gasteiger charge is 2.17. The van der Waals surface area contributed by atoms with E-state index in [2.05, 4.69) is 22.3 Å². The number of likely N-dealkylation sites (tertiary alicyclic amines) is 1. The monoisotopic (exact) mass is 353 g/mol. The first-order valence-corrected chi connectivity index (χ1v) is 8.87. The fourth-order valence-corrected chi connectivity index (χ4v) is 3.31. The smallest absolute Gasteiger partial charge is 0.273 e. The molecule has 136 valence electrons. The van der Waals surface area contributed by atoms with Gasteiger partial charge in [-0.25, -0.2) is 0 Å². The van der Waals surface area contributed by atoms with Crippen LogP contribution in [0.3, 0.4) is 0 Å². The van der Waals surface area contributed by atoms with Crippen LogP contribution in [0.1, 0.15) is 39.9 Å². The van der Waals surface area contributed by atoms with Gasteiger partial charge in [0, 0.05) is 30.3 Å². The molecule has 1 fully saturated rings. The number of hydrogen-bond donors (Lipinski definition) is 1. The molecule has 2 aromatic carbocycles. The lowest BCUT2D eigenvalue weighted by Gasteiger charge is -2.14. The van der Waals surface area contributed by atoms with Crippen LogP contribution in [0.4, 0.5) is 5.69 Å². The van der Waals surface area contributed by atoms with E-state index in [0.717, 1.165) is 12.1 Å². The van der Waals surface area contributed by atoms with Crippen molar-refractivity contribution < 1.29 is 9.72 Å². The van der Waals surface area contributed by atoms with Gasteiger partial charge in [0.05, 0.1) is 4.92 Å². The molecule has 0 aliphatic carbocycles. The molecule has 0 atom stereocenters. The van der Waals surface area contributed by atoms with E-state index in [0.29, 0.717) is 17.7 Å². The van der Waals surface area contributed by atoms with Crippen LogP contribution in [-0.4, -0.2) is 28.8 Å². The third kappa shape index (κ3) is 4.26. The normalized spacial score (nSPS) is 14.3. The van der Waals surface area contributed by atoms with E-state index in [9.17, 15) is 14.9 Å². The number of amides is 1. The summed E-state index contributed by atoms with van der Waals surface area (Å²) < 4.78 is 0. The van der Waals surface area contributed by atoms with Gasteiger partial charge in [0.1, 0.15) is 0 Å². The lowest BCUT2D eigenvalue weighted by molar-refractivity contribution is -0.385. The third-order valence-electron chi connectivity index (χ3n) is 4.83. The molecule has 0 unspecified atom stereocenters. The molecule has 1 N–H and O–H groups in total. The van der Waals surface area contributed by atoms with Crippen molar-refractivity contribution in [3.05, 3.63) is 74.8 Å². The van der Waals surface area contributed by atoms with Gasteiger partial charge in [0.15, 0.2) is 0 Å². The van der Waals surface area contributed by atoms with Gasteiger partial charge in [-0.1, -0.05) is 30.3 Å². The summed E-state index contributed by atoms with van der Waals surface area (Å²) in [5.41, 5.74) is 2.97. The molecule has 0 radical (unpaired) electrons. The topological polar surface area (TPSA) is 75.5 Å². The van der Waals surface area contributed by atoms with E-state index in [1.165, 1.54) is 43.6 Å². The first-order chi connectivity index (χ1) is 12.5. The average molecular weight is 353 g/mol. The number of hydrogen-bond acceptors (Lipinski definition) is 4. The second kappa shape index (κ2) is 8.10. The minimum absolute atomic E-state index is 0.0380. The van der Waals surface area contributed by atoms with Gasteiger partial charge in [-0.3, -0.25) is 19.8 Å². The number of nitro benzene ring substituents is 1. The summed E-state index contributed by atoms with van der Waals surface area (Å²) in [5.74, 6) is -0.299. The van der Waals surface area contributed by atoms with Crippen LogP contribution in [0.15, 0.2) is 42.5 Å². The summed E-state index contributed by atoms with van der Waals surface area (Å²) in [6.07, 6.45) is 2.56. The van der Waals surface area contributed by atoms with Crippen LogP contribution in [0.25, 0.3) is 0 Å². The molecule has 1 heterocycles. The Morgan fingerprint density at radius 1 is 1.12 bits per heavy atom. The molecular formula is C20H23N3O3. The Labute approximate surface area is 153 Å². The lowest BCUT2D eigenvalue weighted by Crippen LogP contribution is -2.24. The summed E-state index contributed by atoms with van der Waals surface area (Å²) in [6, 6.07) is 12.8. The van der Waals surface area contributed by atoms with Gasteiger partial charge >= 0.3 is 0 Å². The van der Waals surface area contributed by atoms with Gasteiger partial charge in [-0.05, 0) is 50.0 Å². The SMILES string of the molecule is Cc1c(C(=O)NCc2ccc(CN3CCCC3)cc2)cccc1[N+](=O)[O-]. The van der Waals surface area contributed by atoms with Gasteiger partial charge in [-0.2, -0.15) is 0 Å². The summed E-state index contributed by atoms with van der Waals surface area (Å²) in [5, 5.41) is 13.8. The standard InChI is InChI=1S/C20H23N3O3/c1-15-18(5-4-6-19(15)23(25)26)20(24)21-13-16-7-9-17(10-8-16)14-22-11-2-3-12-22/h4-10H,2-3,11-14H2,1H3,(H,21,24). The van der Waals surface area contributed by atoms with E-state index < -0.39 is 4.92 Å². The van der Waals surface area contributed by atoms with Crippen LogP contribution < -0.4 is 5.32 Å². The van der Waals surface area contributed by atoms with Crippen LogP contribution in [0, 0.1) is 17.0 Å². The molecule has 0 spiro atoms. The van der Waals surface area contributed by atoms with Crippen molar-refractivity contribution in [3.63, 3.8) is 0 Å². The van der Waals surface area contributed by atoms with Gasteiger partial charge < -0.3 is 5.32 Å². The molecule has 0 saturated carbocycles. The first-order valence-electron chi connectivity index (χ1n) is 8.87. The molecule has 0 bridgehead atoms. The molecule has 3 rings (SSSR count). The zero-order valence-corrected chi connectivity index (χ0v) is 14.9. The molecule has 2 aromatic rings. The maximum Gasteiger partial charge on any atom is 0.273 e. The fourth-order valence-electron chi connectivity index (χ4n) is 3.31. The van der Waals surface area contributed by atoms with E-state index >= 15 is 0 Å². The Morgan fingerprint density at radius 2 is 1.77 bits per heavy atom. The van der Waals surface area contributed by atoms with Gasteiger partial charge in [-0.15, -0.1) is 0 Å². The number of nitrogens with one attached hydrogen (secondary N) is 1. The molecule has 1 aliphatic rings. The van der Waals surface area contributed by atoms with Crippen LogP contribution in [-0.2, 0) is 13.1 Å². The predicted octanol–water partition coefficient (Wildman–Crippen LogP) is 3.43. The van der Waals surface area contributed by atoms with Crippen molar-refractivity contribution >= 4 is 11.6 Å². The second-order valence-electron chi connectivity index (χ2n) is 6.69. The molecule has 26 heavy (non-hydrogen) atoms. The van der Waals surface area contributed by atoms with Gasteiger partial charge in [0.25, 0.3) is 11.6 Å². The van der Waals surface area contributed by atoms with Crippen molar-refractivity contribution in [2.45, 2.75) is 32.9 Å². The minimum Gasteiger partial charge on any atom is -0.348 e. The molecule has 6 heteroatoms. The average Bonchev–Trinajstić information content (AvgIpc) is 3.14. The first kappa shape index (κ1) is 18.1. The van der Waals surface area contributed by atoms with Crippen molar-refractivity contribution in [1.82, 2.24) is 10.2 Å². The van der Waals surface area contributed by atoms with Crippen LogP contribution >= 0.6 is 0 Å². The Bertz CT molecular complexity index is 796. The third-order valence-corrected chi connectivity index (χ3v) is 4.83. The molecular weight excluding hydrogens is 330 g/mol. The highest BCUT2D eigenvalue weighted by atomic mass is 16.6. The Morgan fingerprint density at radius 3 is 2.42 bits per heavy atom. The molecule has 1 saturated heterocycles. The summed E-state index contributed by atoms with van der Waals surface area (Å²) in [4.78, 5) is 25.4. The Kier molecular flexibility index (Phi) is 5.63. The zero-order chi connectivity index (χ0) is 18.5. The van der Waals surface area contributed by atoms with Crippen LogP contribution in [0.5, 0.6) is 0 Å². The summed E-state index contributed by atoms with van der Waals surface area (Å²) in [6.45, 7) is 5.30. The second-order valence-corrected chi connectivity index (χ2v) is 6.69. The lowest BCUT2D eigenvalue weighted by atomic mass is 10.1. The highest BCUT2D eigenvalue weighted by Crippen LogP contribution is 2.21. The summed E-state index contributed by atoms with van der Waals surface area (Å²) in [7, 11) is 0. The van der Waals surface area contributed by atoms with Crippen molar-refractivity contribution in [3.8, 4) is 0 Å². The predicted molar refractivity (Wildman–Crippen MR) is 100.0 cm³/mol. The van der Waals surface area contributed by atoms with Crippen molar-refractivity contribution in [2.75, 3.05) is 13.1 Å². The number of carbonyl (C=O) groups is 1. The number of benzene rings is 2. The molecule has 1 amide bonds. The summed E-state index contributed by atoms with van der Waals surface area (Å²) >= 11 is 0. The van der Waals surface area contributed by atoms with E-state index in [1.54, 1.807) is 13.0 Å². The van der Waals surface area contributed by atoms with E-state index in [4.69, 9.17) is 0 Å². The largest absolute Gasteiger partial charge is 0.348 e. The van der Waals surface area contributed by atoms with E-state index in [1.807, 2.05) is 12.1 Å². The van der Waals surface area contributed by atoms with Gasteiger partial charge in [0.2, 0.25) is 0 Å². The number of carbonyl (C=O) groups excluding carboxylic acids is 1. The highest BCUT2D eigenvalue weighted by molar-refractivity contribution is 5.96. The fraction of sp³-hybridized carbons (Fsp3) is 0.350. The number of nitro groups is 1. The molecule has 6 nitrogen and oxygen atoms in total. The maximum absolute atomic E-state index is 12.4. The zero-order valence-electron chi connectivity index (χ0n) is 14.9. The van der Waals surface area contributed by atoms with Crippen molar-refractivity contribution in [2.24, 2.45) is 0 Å². The molecule has 0 aromatic heterocycles. The number of nitrogens with zero attached hydrogens (tertiary/aromatic N) is 2. The van der Waals surface area contributed by atoms with Crippen LogP contribution in [0.2, 0.25) is 0 Å². The van der Waals surface area contributed by atoms with Crippen molar-refractivity contribution in [1.29, 1.82) is 0 Å². The maximum atomic E-state index is 12.4. The number of rotatable bonds is 6. The van der Waals surface area contributed by atoms with E-state index in [-0.39, 0.29) is 11.6 Å². The Hall–Kier alpha value is -2.73. The Balaban J connectivity index is 1.59. The quantitative estimate of drug-likeness (QED) is 0.638. The minimum atomic E-state index is -0.467. The molecule has 1 aliphatic heterocycles.